The third kappa shape index (κ3) is 2.55. The fourth-order valence-corrected chi connectivity index (χ4v) is 2.69. The molecule has 2 heterocycles. The number of nitrogens with zero attached hydrogens (tertiary/aromatic N) is 2. The van der Waals surface area contributed by atoms with Gasteiger partial charge in [0.15, 0.2) is 0 Å². The third-order valence-electron chi connectivity index (χ3n) is 3.35. The van der Waals surface area contributed by atoms with Gasteiger partial charge >= 0.3 is 0 Å². The first-order valence-corrected chi connectivity index (χ1v) is 6.40. The molecule has 0 unspecified atom stereocenters. The maximum absolute atomic E-state index is 4.71. The summed E-state index contributed by atoms with van der Waals surface area (Å²) in [7, 11) is 0. The number of anilines is 1. The highest BCUT2D eigenvalue weighted by molar-refractivity contribution is 5.40. The molecule has 1 aliphatic rings. The lowest BCUT2D eigenvalue weighted by molar-refractivity contribution is 0.355. The summed E-state index contributed by atoms with van der Waals surface area (Å²) in [5.74, 6) is 2.74. The standard InChI is InChI=1S/C14H22N2/c1-4-13-6-5-7-14(15-13)16-9-11(2)8-12(3)10-16/h5-7,11-12H,4,8-10H2,1-3H3/t11-,12+. The van der Waals surface area contributed by atoms with Gasteiger partial charge in [0, 0.05) is 18.8 Å². The second kappa shape index (κ2) is 4.86. The van der Waals surface area contributed by atoms with Crippen molar-refractivity contribution in [2.75, 3.05) is 18.0 Å². The number of hydrogen-bond acceptors (Lipinski definition) is 2. The summed E-state index contributed by atoms with van der Waals surface area (Å²) in [6.07, 6.45) is 2.37. The zero-order valence-electron chi connectivity index (χ0n) is 10.6. The van der Waals surface area contributed by atoms with E-state index in [0.29, 0.717) is 0 Å². The summed E-state index contributed by atoms with van der Waals surface area (Å²) in [6, 6.07) is 6.38. The molecule has 0 radical (unpaired) electrons. The van der Waals surface area contributed by atoms with E-state index < -0.39 is 0 Å². The number of rotatable bonds is 2. The van der Waals surface area contributed by atoms with Crippen molar-refractivity contribution >= 4 is 5.82 Å². The van der Waals surface area contributed by atoms with Crippen LogP contribution in [0.1, 0.15) is 32.9 Å². The van der Waals surface area contributed by atoms with E-state index in [9.17, 15) is 0 Å². The molecule has 0 N–H and O–H groups in total. The molecule has 0 saturated carbocycles. The topological polar surface area (TPSA) is 16.1 Å². The van der Waals surface area contributed by atoms with Crippen LogP contribution in [0.2, 0.25) is 0 Å². The van der Waals surface area contributed by atoms with Crippen LogP contribution >= 0.6 is 0 Å². The van der Waals surface area contributed by atoms with Crippen LogP contribution in [-0.4, -0.2) is 18.1 Å². The number of aryl methyl sites for hydroxylation is 1. The van der Waals surface area contributed by atoms with Gasteiger partial charge in [-0.1, -0.05) is 26.8 Å². The molecule has 0 bridgehead atoms. The minimum absolute atomic E-state index is 0.788. The van der Waals surface area contributed by atoms with Gasteiger partial charge in [-0.25, -0.2) is 4.98 Å². The van der Waals surface area contributed by atoms with Crippen molar-refractivity contribution in [1.29, 1.82) is 0 Å². The number of aromatic nitrogens is 1. The Labute approximate surface area is 98.7 Å². The van der Waals surface area contributed by atoms with Gasteiger partial charge in [-0.2, -0.15) is 0 Å². The fourth-order valence-electron chi connectivity index (χ4n) is 2.69. The average molecular weight is 218 g/mol. The highest BCUT2D eigenvalue weighted by atomic mass is 15.2. The Hall–Kier alpha value is -1.05. The van der Waals surface area contributed by atoms with Crippen molar-refractivity contribution in [3.05, 3.63) is 23.9 Å². The van der Waals surface area contributed by atoms with Crippen molar-refractivity contribution in [3.63, 3.8) is 0 Å². The van der Waals surface area contributed by atoms with Crippen LogP contribution in [0.5, 0.6) is 0 Å². The predicted octanol–water partition coefficient (Wildman–Crippen LogP) is 3.13. The van der Waals surface area contributed by atoms with Crippen LogP contribution in [-0.2, 0) is 6.42 Å². The fraction of sp³-hybridized carbons (Fsp3) is 0.643. The minimum atomic E-state index is 0.788. The molecule has 88 valence electrons. The molecule has 0 aromatic carbocycles. The van der Waals surface area contributed by atoms with Crippen molar-refractivity contribution < 1.29 is 0 Å². The summed E-state index contributed by atoms with van der Waals surface area (Å²) in [5.41, 5.74) is 1.20. The molecule has 0 aliphatic carbocycles. The molecular formula is C14H22N2. The molecule has 1 aromatic rings. The minimum Gasteiger partial charge on any atom is -0.356 e. The molecule has 2 heteroatoms. The van der Waals surface area contributed by atoms with E-state index in [1.54, 1.807) is 0 Å². The van der Waals surface area contributed by atoms with Crippen molar-refractivity contribution in [1.82, 2.24) is 4.98 Å². The number of piperidine rings is 1. The molecule has 0 amide bonds. The van der Waals surface area contributed by atoms with Crippen LogP contribution in [0.25, 0.3) is 0 Å². The first kappa shape index (κ1) is 11.4. The maximum Gasteiger partial charge on any atom is 0.128 e. The molecule has 1 aliphatic heterocycles. The Balaban J connectivity index is 2.16. The Morgan fingerprint density at radius 2 is 1.94 bits per heavy atom. The molecule has 2 rings (SSSR count). The van der Waals surface area contributed by atoms with Crippen molar-refractivity contribution in [3.8, 4) is 0 Å². The summed E-state index contributed by atoms with van der Waals surface area (Å²) >= 11 is 0. The highest BCUT2D eigenvalue weighted by Gasteiger charge is 2.22. The lowest BCUT2D eigenvalue weighted by atomic mass is 9.92. The zero-order valence-corrected chi connectivity index (χ0v) is 10.6. The Bertz CT molecular complexity index is 338. The smallest absolute Gasteiger partial charge is 0.128 e. The maximum atomic E-state index is 4.71. The van der Waals surface area contributed by atoms with E-state index in [1.807, 2.05) is 0 Å². The van der Waals surface area contributed by atoms with Gasteiger partial charge in [0.25, 0.3) is 0 Å². The Morgan fingerprint density at radius 1 is 1.25 bits per heavy atom. The lowest BCUT2D eigenvalue weighted by Gasteiger charge is -2.35. The lowest BCUT2D eigenvalue weighted by Crippen LogP contribution is -2.39. The molecule has 1 saturated heterocycles. The van der Waals surface area contributed by atoms with Crippen LogP contribution in [0.3, 0.4) is 0 Å². The molecule has 1 aromatic heterocycles. The van der Waals surface area contributed by atoms with E-state index in [1.165, 1.54) is 12.1 Å². The summed E-state index contributed by atoms with van der Waals surface area (Å²) in [4.78, 5) is 7.15. The Kier molecular flexibility index (Phi) is 3.47. The molecule has 16 heavy (non-hydrogen) atoms. The van der Waals surface area contributed by atoms with Crippen molar-refractivity contribution in [2.45, 2.75) is 33.6 Å². The van der Waals surface area contributed by atoms with Crippen molar-refractivity contribution in [2.24, 2.45) is 11.8 Å². The second-order valence-corrected chi connectivity index (χ2v) is 5.19. The van der Waals surface area contributed by atoms with Crippen LogP contribution in [0, 0.1) is 11.8 Å². The van der Waals surface area contributed by atoms with E-state index in [0.717, 1.165) is 37.2 Å². The monoisotopic (exact) mass is 218 g/mol. The second-order valence-electron chi connectivity index (χ2n) is 5.19. The summed E-state index contributed by atoms with van der Waals surface area (Å²) in [6.45, 7) is 9.15. The summed E-state index contributed by atoms with van der Waals surface area (Å²) in [5, 5.41) is 0. The summed E-state index contributed by atoms with van der Waals surface area (Å²) < 4.78 is 0. The molecule has 0 spiro atoms. The molecule has 2 atom stereocenters. The number of hydrogen-bond donors (Lipinski definition) is 0. The van der Waals surface area contributed by atoms with E-state index in [-0.39, 0.29) is 0 Å². The third-order valence-corrected chi connectivity index (χ3v) is 3.35. The number of pyridine rings is 1. The predicted molar refractivity (Wildman–Crippen MR) is 68.8 cm³/mol. The van der Waals surface area contributed by atoms with Gasteiger partial charge < -0.3 is 4.90 Å². The van der Waals surface area contributed by atoms with Gasteiger partial charge in [-0.05, 0) is 36.8 Å². The zero-order chi connectivity index (χ0) is 11.5. The first-order valence-electron chi connectivity index (χ1n) is 6.40. The van der Waals surface area contributed by atoms with E-state index in [2.05, 4.69) is 43.9 Å². The van der Waals surface area contributed by atoms with Crippen LogP contribution in [0.4, 0.5) is 5.82 Å². The largest absolute Gasteiger partial charge is 0.356 e. The first-order chi connectivity index (χ1) is 7.69. The van der Waals surface area contributed by atoms with Gasteiger partial charge in [0.05, 0.1) is 0 Å². The van der Waals surface area contributed by atoms with Gasteiger partial charge in [0.2, 0.25) is 0 Å². The quantitative estimate of drug-likeness (QED) is 0.758. The highest BCUT2D eigenvalue weighted by Crippen LogP contribution is 2.25. The molecule has 2 nitrogen and oxygen atoms in total. The molecular weight excluding hydrogens is 196 g/mol. The Morgan fingerprint density at radius 3 is 2.56 bits per heavy atom. The van der Waals surface area contributed by atoms with Gasteiger partial charge in [0.1, 0.15) is 5.82 Å². The van der Waals surface area contributed by atoms with Gasteiger partial charge in [-0.15, -0.1) is 0 Å². The molecule has 1 fully saturated rings. The van der Waals surface area contributed by atoms with Crippen LogP contribution in [0.15, 0.2) is 18.2 Å². The SMILES string of the molecule is CCc1cccc(N2C[C@H](C)C[C@H](C)C2)n1. The van der Waals surface area contributed by atoms with E-state index >= 15 is 0 Å². The van der Waals surface area contributed by atoms with Crippen LogP contribution < -0.4 is 4.90 Å². The normalized spacial score (nSPS) is 25.8. The van der Waals surface area contributed by atoms with Gasteiger partial charge in [-0.3, -0.25) is 0 Å². The average Bonchev–Trinajstić information content (AvgIpc) is 2.28. The van der Waals surface area contributed by atoms with E-state index in [4.69, 9.17) is 4.98 Å².